The van der Waals surface area contributed by atoms with E-state index in [0.717, 1.165) is 45.2 Å². The van der Waals surface area contributed by atoms with Gasteiger partial charge in [-0.3, -0.25) is 4.79 Å². The van der Waals surface area contributed by atoms with E-state index in [4.69, 9.17) is 5.73 Å². The van der Waals surface area contributed by atoms with Crippen molar-refractivity contribution < 1.29 is 4.79 Å². The van der Waals surface area contributed by atoms with Crippen LogP contribution in [0.15, 0.2) is 0 Å². The molecule has 1 amide bonds. The molecule has 1 unspecified atom stereocenters. The van der Waals surface area contributed by atoms with Crippen molar-refractivity contribution in [1.82, 2.24) is 9.80 Å². The van der Waals surface area contributed by atoms with E-state index in [0.29, 0.717) is 18.5 Å². The summed E-state index contributed by atoms with van der Waals surface area (Å²) in [5.74, 6) is 0.294. The molecule has 1 saturated heterocycles. The molecular weight excluding hydrogens is 238 g/mol. The molecule has 0 aromatic carbocycles. The van der Waals surface area contributed by atoms with Gasteiger partial charge >= 0.3 is 0 Å². The molecule has 2 N–H and O–H groups in total. The van der Waals surface area contributed by atoms with Crippen LogP contribution in [0.1, 0.15) is 46.0 Å². The fourth-order valence-electron chi connectivity index (χ4n) is 3.27. The number of carbonyl (C=O) groups excluding carboxylic acids is 1. The number of hydrogen-bond acceptors (Lipinski definition) is 3. The smallest absolute Gasteiger partial charge is 0.230 e. The van der Waals surface area contributed by atoms with Gasteiger partial charge in [0.15, 0.2) is 0 Å². The fourth-order valence-corrected chi connectivity index (χ4v) is 3.27. The van der Waals surface area contributed by atoms with Crippen molar-refractivity contribution in [2.75, 3.05) is 33.7 Å². The molecule has 0 bridgehead atoms. The van der Waals surface area contributed by atoms with Gasteiger partial charge in [-0.2, -0.15) is 0 Å². The van der Waals surface area contributed by atoms with Crippen molar-refractivity contribution in [1.29, 1.82) is 0 Å². The highest BCUT2D eigenvalue weighted by atomic mass is 16.2. The van der Waals surface area contributed by atoms with Crippen LogP contribution in [0.3, 0.4) is 0 Å². The number of carbonyl (C=O) groups is 1. The predicted octanol–water partition coefficient (Wildman–Crippen LogP) is 1.69. The maximum Gasteiger partial charge on any atom is 0.230 e. The molecule has 1 aliphatic rings. The van der Waals surface area contributed by atoms with Crippen LogP contribution < -0.4 is 5.73 Å². The summed E-state index contributed by atoms with van der Waals surface area (Å²) in [4.78, 5) is 17.1. The van der Waals surface area contributed by atoms with Crippen LogP contribution in [0.2, 0.25) is 0 Å². The lowest BCUT2D eigenvalue weighted by Crippen LogP contribution is -2.48. The Bertz CT molecular complexity index is 285. The molecule has 1 heterocycles. The molecule has 1 fully saturated rings. The van der Waals surface area contributed by atoms with E-state index in [1.54, 1.807) is 0 Å². The number of hydrogen-bond donors (Lipinski definition) is 1. The molecule has 4 heteroatoms. The number of nitrogens with two attached hydrogens (primary N) is 1. The first-order chi connectivity index (χ1) is 9.00. The van der Waals surface area contributed by atoms with Crippen LogP contribution in [0.25, 0.3) is 0 Å². The van der Waals surface area contributed by atoms with Crippen molar-refractivity contribution in [2.45, 2.75) is 52.0 Å². The Morgan fingerprint density at radius 3 is 2.26 bits per heavy atom. The summed E-state index contributed by atoms with van der Waals surface area (Å²) >= 11 is 0. The lowest BCUT2D eigenvalue weighted by molar-refractivity contribution is -0.141. The minimum atomic E-state index is -0.315. The Morgan fingerprint density at radius 2 is 1.89 bits per heavy atom. The zero-order valence-electron chi connectivity index (χ0n) is 13.1. The van der Waals surface area contributed by atoms with Crippen LogP contribution in [-0.4, -0.2) is 55.5 Å². The largest absolute Gasteiger partial charge is 0.341 e. The van der Waals surface area contributed by atoms with Crippen LogP contribution in [0.5, 0.6) is 0 Å². The average Bonchev–Trinajstić information content (AvgIpc) is 2.87. The van der Waals surface area contributed by atoms with Gasteiger partial charge in [-0.05, 0) is 33.4 Å². The summed E-state index contributed by atoms with van der Waals surface area (Å²) in [6, 6.07) is 0.502. The van der Waals surface area contributed by atoms with Gasteiger partial charge in [-0.15, -0.1) is 0 Å². The monoisotopic (exact) mass is 269 g/mol. The Hall–Kier alpha value is -0.610. The number of likely N-dealkylation sites (tertiary alicyclic amines) is 1. The normalized spacial score (nSPS) is 20.3. The van der Waals surface area contributed by atoms with Gasteiger partial charge in [0, 0.05) is 25.7 Å². The van der Waals surface area contributed by atoms with E-state index in [9.17, 15) is 4.79 Å². The maximum atomic E-state index is 12.9. The van der Waals surface area contributed by atoms with E-state index in [1.807, 2.05) is 4.90 Å². The van der Waals surface area contributed by atoms with Crippen molar-refractivity contribution in [3.63, 3.8) is 0 Å². The molecule has 19 heavy (non-hydrogen) atoms. The van der Waals surface area contributed by atoms with Gasteiger partial charge in [0.05, 0.1) is 5.41 Å². The summed E-state index contributed by atoms with van der Waals surface area (Å²) in [5, 5.41) is 0. The highest BCUT2D eigenvalue weighted by molar-refractivity contribution is 5.83. The second-order valence-corrected chi connectivity index (χ2v) is 6.14. The zero-order valence-corrected chi connectivity index (χ0v) is 13.1. The van der Waals surface area contributed by atoms with Gasteiger partial charge in [-0.25, -0.2) is 0 Å². The molecule has 0 aliphatic carbocycles. The lowest BCUT2D eigenvalue weighted by atomic mass is 9.78. The van der Waals surface area contributed by atoms with Gasteiger partial charge < -0.3 is 15.5 Å². The second-order valence-electron chi connectivity index (χ2n) is 6.14. The minimum Gasteiger partial charge on any atom is -0.341 e. The standard InChI is InChI=1S/C15H31N3O/c1-5-8-15(12-16,9-6-2)14(19)18-10-7-13(11-18)17(3)4/h13H,5-12,16H2,1-4H3. The SMILES string of the molecule is CCCC(CN)(CCC)C(=O)N1CCC(N(C)C)C1. The molecule has 0 spiro atoms. The third-order valence-electron chi connectivity index (χ3n) is 4.48. The van der Waals surface area contributed by atoms with E-state index in [1.165, 1.54) is 0 Å². The molecule has 1 aliphatic heterocycles. The summed E-state index contributed by atoms with van der Waals surface area (Å²) in [5.41, 5.74) is 5.67. The Kier molecular flexibility index (Phi) is 6.27. The summed E-state index contributed by atoms with van der Waals surface area (Å²) in [6.07, 6.45) is 4.96. The number of likely N-dealkylation sites (N-methyl/N-ethyl adjacent to an activating group) is 1. The summed E-state index contributed by atoms with van der Waals surface area (Å²) in [6.45, 7) is 6.51. The van der Waals surface area contributed by atoms with Gasteiger partial charge in [0.2, 0.25) is 5.91 Å². The third kappa shape index (κ3) is 3.69. The lowest BCUT2D eigenvalue weighted by Gasteiger charge is -2.35. The van der Waals surface area contributed by atoms with E-state index in [-0.39, 0.29) is 5.41 Å². The molecule has 112 valence electrons. The second kappa shape index (κ2) is 7.25. The summed E-state index contributed by atoms with van der Waals surface area (Å²) < 4.78 is 0. The van der Waals surface area contributed by atoms with Crippen molar-refractivity contribution >= 4 is 5.91 Å². The van der Waals surface area contributed by atoms with Crippen LogP contribution in [0.4, 0.5) is 0 Å². The fraction of sp³-hybridized carbons (Fsp3) is 0.933. The van der Waals surface area contributed by atoms with Crippen molar-refractivity contribution in [3.05, 3.63) is 0 Å². The first-order valence-electron chi connectivity index (χ1n) is 7.66. The van der Waals surface area contributed by atoms with E-state index >= 15 is 0 Å². The maximum absolute atomic E-state index is 12.9. The quantitative estimate of drug-likeness (QED) is 0.765. The molecule has 0 saturated carbocycles. The molecule has 0 radical (unpaired) electrons. The molecular formula is C15H31N3O. The third-order valence-corrected chi connectivity index (χ3v) is 4.48. The van der Waals surface area contributed by atoms with Crippen LogP contribution >= 0.6 is 0 Å². The Labute approximate surface area is 118 Å². The van der Waals surface area contributed by atoms with E-state index in [2.05, 4.69) is 32.8 Å². The van der Waals surface area contributed by atoms with Gasteiger partial charge in [0.1, 0.15) is 0 Å². The predicted molar refractivity (Wildman–Crippen MR) is 80.0 cm³/mol. The first-order valence-corrected chi connectivity index (χ1v) is 7.66. The van der Waals surface area contributed by atoms with Gasteiger partial charge in [-0.1, -0.05) is 26.7 Å². The first kappa shape index (κ1) is 16.4. The van der Waals surface area contributed by atoms with E-state index < -0.39 is 0 Å². The highest BCUT2D eigenvalue weighted by Gasteiger charge is 2.40. The zero-order chi connectivity index (χ0) is 14.5. The van der Waals surface area contributed by atoms with Crippen LogP contribution in [0, 0.1) is 5.41 Å². The minimum absolute atomic E-state index is 0.294. The molecule has 1 rings (SSSR count). The molecule has 4 nitrogen and oxygen atoms in total. The topological polar surface area (TPSA) is 49.6 Å². The molecule has 0 aromatic rings. The highest BCUT2D eigenvalue weighted by Crippen LogP contribution is 2.32. The van der Waals surface area contributed by atoms with Gasteiger partial charge in [0.25, 0.3) is 0 Å². The van der Waals surface area contributed by atoms with Crippen molar-refractivity contribution in [3.8, 4) is 0 Å². The van der Waals surface area contributed by atoms with Crippen LogP contribution in [-0.2, 0) is 4.79 Å². The Morgan fingerprint density at radius 1 is 1.32 bits per heavy atom. The number of rotatable bonds is 7. The molecule has 0 aromatic heterocycles. The summed E-state index contributed by atoms with van der Waals surface area (Å²) in [7, 11) is 4.18. The average molecular weight is 269 g/mol. The number of nitrogens with zero attached hydrogens (tertiary/aromatic N) is 2. The number of amides is 1. The Balaban J connectivity index is 2.77. The molecule has 1 atom stereocenters. The van der Waals surface area contributed by atoms with Crippen molar-refractivity contribution in [2.24, 2.45) is 11.1 Å².